The van der Waals surface area contributed by atoms with Crippen molar-refractivity contribution in [3.8, 4) is 0 Å². The van der Waals surface area contributed by atoms with Crippen molar-refractivity contribution < 1.29 is 12.4 Å². The van der Waals surface area contributed by atoms with Crippen molar-refractivity contribution in [1.82, 2.24) is 3.96 Å². The van der Waals surface area contributed by atoms with Crippen molar-refractivity contribution >= 4 is 17.4 Å². The smallest absolute Gasteiger partial charge is 0.329 e. The van der Waals surface area contributed by atoms with E-state index in [-0.39, 0.29) is 12.4 Å². The minimum absolute atomic E-state index is 0. The Bertz CT molecular complexity index is 146. The zero-order valence-corrected chi connectivity index (χ0v) is 6.04. The second-order valence-corrected chi connectivity index (χ2v) is 2.36. The summed E-state index contributed by atoms with van der Waals surface area (Å²) in [7, 11) is 1.93. The number of nitrogen functional groups attached to an aromatic ring is 1. The lowest BCUT2D eigenvalue weighted by molar-refractivity contribution is -0.00000150. The molecule has 0 aliphatic rings. The maximum absolute atomic E-state index is 5.41. The Labute approximate surface area is 58.5 Å². The monoisotopic (exact) mass is 150 g/mol. The number of hydrogen-bond donors (Lipinski definition) is 1. The first-order chi connectivity index (χ1) is 3.30. The van der Waals surface area contributed by atoms with E-state index in [1.807, 2.05) is 22.5 Å². The summed E-state index contributed by atoms with van der Waals surface area (Å²) in [5, 5.41) is 1.95. The van der Waals surface area contributed by atoms with Gasteiger partial charge in [0.2, 0.25) is 5.38 Å². The van der Waals surface area contributed by atoms with Gasteiger partial charge in [-0.25, -0.2) is 0 Å². The van der Waals surface area contributed by atoms with Gasteiger partial charge in [-0.3, -0.25) is 0 Å². The van der Waals surface area contributed by atoms with Crippen molar-refractivity contribution in [2.45, 2.75) is 0 Å². The van der Waals surface area contributed by atoms with Crippen LogP contribution in [0.15, 0.2) is 11.4 Å². The van der Waals surface area contributed by atoms with Crippen molar-refractivity contribution in [2.24, 2.45) is 7.05 Å². The number of aryl methyl sites for hydroxylation is 1. The van der Waals surface area contributed by atoms with E-state index >= 15 is 0 Å². The average molecular weight is 151 g/mol. The Balaban J connectivity index is 0.000000490. The van der Waals surface area contributed by atoms with Crippen LogP contribution in [0.4, 0.5) is 5.82 Å². The van der Waals surface area contributed by atoms with Crippen LogP contribution in [-0.2, 0) is 7.05 Å². The fourth-order valence-corrected chi connectivity index (χ4v) is 0.923. The summed E-state index contributed by atoms with van der Waals surface area (Å²) in [5.41, 5.74) is 5.41. The second kappa shape index (κ2) is 2.89. The van der Waals surface area contributed by atoms with Gasteiger partial charge in [0.25, 0.3) is 0 Å². The van der Waals surface area contributed by atoms with Crippen molar-refractivity contribution in [1.29, 1.82) is 0 Å². The van der Waals surface area contributed by atoms with Gasteiger partial charge in [-0.1, -0.05) is 0 Å². The first-order valence-corrected chi connectivity index (χ1v) is 2.84. The van der Waals surface area contributed by atoms with E-state index in [1.54, 1.807) is 11.5 Å². The van der Waals surface area contributed by atoms with Gasteiger partial charge in [0.15, 0.2) is 5.82 Å². The molecular formula is C4H7ClN2S. The summed E-state index contributed by atoms with van der Waals surface area (Å²) in [6.45, 7) is 0. The molecule has 0 saturated carbocycles. The first kappa shape index (κ1) is 7.72. The molecule has 46 valence electrons. The lowest BCUT2D eigenvalue weighted by atomic mass is 10.7. The van der Waals surface area contributed by atoms with E-state index in [1.165, 1.54) is 0 Å². The van der Waals surface area contributed by atoms with Crippen LogP contribution in [0.3, 0.4) is 0 Å². The summed E-state index contributed by atoms with van der Waals surface area (Å²) in [4.78, 5) is 0. The molecule has 0 aliphatic heterocycles. The summed E-state index contributed by atoms with van der Waals surface area (Å²) >= 11 is 1.60. The fraction of sp³-hybridized carbons (Fsp3) is 0.250. The Morgan fingerprint density at radius 3 is 2.50 bits per heavy atom. The molecule has 2 N–H and O–H groups in total. The first-order valence-electron chi connectivity index (χ1n) is 2.00. The fourth-order valence-electron chi connectivity index (χ4n) is 0.357. The number of halogens is 1. The molecular weight excluding hydrogens is 144 g/mol. The quantitative estimate of drug-likeness (QED) is 0.425. The highest BCUT2D eigenvalue weighted by atomic mass is 35.5. The van der Waals surface area contributed by atoms with Gasteiger partial charge in [-0.15, -0.1) is 3.96 Å². The molecule has 2 nitrogen and oxygen atoms in total. The van der Waals surface area contributed by atoms with Gasteiger partial charge in [0.05, 0.1) is 7.05 Å². The van der Waals surface area contributed by atoms with Crippen LogP contribution in [0, 0.1) is 0 Å². The lowest BCUT2D eigenvalue weighted by Crippen LogP contribution is -3.00. The Morgan fingerprint density at radius 1 is 1.75 bits per heavy atom. The van der Waals surface area contributed by atoms with Crippen LogP contribution in [-0.4, -0.2) is 3.96 Å². The molecule has 1 heterocycles. The van der Waals surface area contributed by atoms with Crippen molar-refractivity contribution in [3.63, 3.8) is 0 Å². The molecule has 0 spiro atoms. The van der Waals surface area contributed by atoms with E-state index in [4.69, 9.17) is 5.73 Å². The molecule has 0 atom stereocenters. The highest BCUT2D eigenvalue weighted by molar-refractivity contribution is 7.04. The second-order valence-electron chi connectivity index (χ2n) is 1.33. The third-order valence-electron chi connectivity index (χ3n) is 0.821. The summed E-state index contributed by atoms with van der Waals surface area (Å²) < 4.78 is 1.90. The van der Waals surface area contributed by atoms with Crippen LogP contribution in [0.25, 0.3) is 0 Å². The van der Waals surface area contributed by atoms with E-state index in [9.17, 15) is 0 Å². The third-order valence-corrected chi connectivity index (χ3v) is 1.61. The topological polar surface area (TPSA) is 30.9 Å². The molecule has 0 aliphatic carbocycles. The van der Waals surface area contributed by atoms with Crippen LogP contribution >= 0.6 is 11.5 Å². The predicted octanol–water partition coefficient (Wildman–Crippen LogP) is -2.05. The van der Waals surface area contributed by atoms with Crippen LogP contribution in [0.5, 0.6) is 0 Å². The van der Waals surface area contributed by atoms with Gasteiger partial charge in [-0.2, -0.15) is 0 Å². The molecule has 0 fully saturated rings. The number of rotatable bonds is 0. The average Bonchev–Trinajstić information content (AvgIpc) is 1.91. The molecule has 0 radical (unpaired) electrons. The van der Waals surface area contributed by atoms with Crippen molar-refractivity contribution in [3.05, 3.63) is 11.4 Å². The van der Waals surface area contributed by atoms with Gasteiger partial charge in [0.1, 0.15) is 0 Å². The van der Waals surface area contributed by atoms with Crippen LogP contribution in [0.2, 0.25) is 0 Å². The van der Waals surface area contributed by atoms with Gasteiger partial charge in [0, 0.05) is 6.07 Å². The zero-order valence-electron chi connectivity index (χ0n) is 4.47. The molecule has 1 aromatic rings. The lowest BCUT2D eigenvalue weighted by Gasteiger charge is -1.77. The summed E-state index contributed by atoms with van der Waals surface area (Å²) in [5.74, 6) is 0.824. The normalized spacial score (nSPS) is 8.12. The van der Waals surface area contributed by atoms with Gasteiger partial charge >= 0.3 is 11.5 Å². The molecule has 0 aromatic carbocycles. The van der Waals surface area contributed by atoms with E-state index in [2.05, 4.69) is 0 Å². The minimum atomic E-state index is 0. The third kappa shape index (κ3) is 1.35. The minimum Gasteiger partial charge on any atom is -1.00 e. The summed E-state index contributed by atoms with van der Waals surface area (Å²) in [6.07, 6.45) is 0. The van der Waals surface area contributed by atoms with Crippen LogP contribution in [0.1, 0.15) is 0 Å². The summed E-state index contributed by atoms with van der Waals surface area (Å²) in [6, 6.07) is 1.88. The molecule has 0 bridgehead atoms. The Morgan fingerprint density at radius 2 is 2.38 bits per heavy atom. The molecule has 0 unspecified atom stereocenters. The number of anilines is 1. The molecule has 0 amide bonds. The van der Waals surface area contributed by atoms with Crippen molar-refractivity contribution in [2.75, 3.05) is 5.73 Å². The number of nitrogens with zero attached hydrogens (tertiary/aromatic N) is 1. The van der Waals surface area contributed by atoms with Gasteiger partial charge in [-0.05, 0) is 0 Å². The Hall–Kier alpha value is -0.280. The highest BCUT2D eigenvalue weighted by Gasteiger charge is 1.98. The molecule has 0 saturated heterocycles. The predicted molar refractivity (Wildman–Crippen MR) is 32.1 cm³/mol. The number of nitrogens with two attached hydrogens (primary N) is 1. The number of aromatic nitrogens is 1. The van der Waals surface area contributed by atoms with E-state index < -0.39 is 0 Å². The Kier molecular flexibility index (Phi) is 2.79. The maximum Gasteiger partial charge on any atom is 0.329 e. The number of hydrogen-bond acceptors (Lipinski definition) is 1. The maximum atomic E-state index is 5.41. The molecule has 1 rings (SSSR count). The SMILES string of the molecule is Cn1[s+]ccc1N.[Cl-]. The van der Waals surface area contributed by atoms with E-state index in [0.29, 0.717) is 0 Å². The molecule has 4 heteroatoms. The standard InChI is InChI=1S/C4H7N2S.ClH/c1-6-4(5)2-3-7-6;/h2-3H,5H2,1H3;1H/q+1;/p-1. The highest BCUT2D eigenvalue weighted by Crippen LogP contribution is 2.04. The van der Waals surface area contributed by atoms with E-state index in [0.717, 1.165) is 5.82 Å². The molecule has 8 heavy (non-hydrogen) atoms. The zero-order chi connectivity index (χ0) is 5.28. The molecule has 1 aromatic heterocycles. The van der Waals surface area contributed by atoms with Gasteiger partial charge < -0.3 is 18.1 Å². The largest absolute Gasteiger partial charge is 1.00 e. The van der Waals surface area contributed by atoms with Crippen LogP contribution < -0.4 is 18.1 Å².